The van der Waals surface area contributed by atoms with Gasteiger partial charge in [0.05, 0.1) is 5.56 Å². The molecule has 0 aromatic carbocycles. The Hall–Kier alpha value is -1.59. The fraction of sp³-hybridized carbons (Fsp3) is 0.400. The van der Waals surface area contributed by atoms with Crippen molar-refractivity contribution in [2.75, 3.05) is 0 Å². The normalized spacial score (nSPS) is 11.4. The predicted molar refractivity (Wildman–Crippen MR) is 49.8 cm³/mol. The molecule has 0 radical (unpaired) electrons. The first kappa shape index (κ1) is 12.5. The molecule has 0 atom stereocenters. The van der Waals surface area contributed by atoms with Crippen molar-refractivity contribution in [1.29, 1.82) is 0 Å². The number of alkyl halides is 3. The van der Waals surface area contributed by atoms with Gasteiger partial charge in [-0.3, -0.25) is 9.78 Å². The van der Waals surface area contributed by atoms with Crippen LogP contribution in [0.5, 0.6) is 0 Å². The van der Waals surface area contributed by atoms with E-state index in [-0.39, 0.29) is 24.8 Å². The van der Waals surface area contributed by atoms with Crippen LogP contribution in [0.1, 0.15) is 24.0 Å². The van der Waals surface area contributed by atoms with E-state index in [1.54, 1.807) is 0 Å². The zero-order valence-electron chi connectivity index (χ0n) is 8.29. The van der Waals surface area contributed by atoms with Crippen LogP contribution in [-0.4, -0.2) is 16.1 Å². The molecule has 1 aromatic rings. The predicted octanol–water partition coefficient (Wildman–Crippen LogP) is 2.51. The van der Waals surface area contributed by atoms with Crippen molar-refractivity contribution >= 4 is 5.97 Å². The molecule has 1 N–H and O–H groups in total. The maximum Gasteiger partial charge on any atom is 0.418 e. The number of aromatic nitrogens is 1. The average Bonchev–Trinajstić information content (AvgIpc) is 2.16. The molecule has 0 saturated carbocycles. The highest BCUT2D eigenvalue weighted by Gasteiger charge is 2.33. The van der Waals surface area contributed by atoms with Gasteiger partial charge in [-0.2, -0.15) is 13.2 Å². The van der Waals surface area contributed by atoms with E-state index in [0.717, 1.165) is 6.20 Å². The standard InChI is InChI=1S/C10H10F3NO2/c11-10(12,13)8-6-14-5-4-7(8)2-1-3-9(15)16/h4-6H,1-3H2,(H,15,16). The van der Waals surface area contributed by atoms with Crippen LogP contribution in [0.4, 0.5) is 13.2 Å². The van der Waals surface area contributed by atoms with E-state index >= 15 is 0 Å². The Morgan fingerprint density at radius 3 is 2.69 bits per heavy atom. The maximum absolute atomic E-state index is 12.5. The molecule has 0 amide bonds. The number of hydrogen-bond donors (Lipinski definition) is 1. The first-order valence-electron chi connectivity index (χ1n) is 4.63. The van der Waals surface area contributed by atoms with Gasteiger partial charge in [0, 0.05) is 18.8 Å². The number of aliphatic carboxylic acids is 1. The van der Waals surface area contributed by atoms with Crippen LogP contribution in [0.25, 0.3) is 0 Å². The second-order valence-corrected chi connectivity index (χ2v) is 3.28. The Kier molecular flexibility index (Phi) is 3.87. The Labute approximate surface area is 89.9 Å². The van der Waals surface area contributed by atoms with Crippen molar-refractivity contribution in [3.63, 3.8) is 0 Å². The monoisotopic (exact) mass is 233 g/mol. The van der Waals surface area contributed by atoms with Gasteiger partial charge in [-0.15, -0.1) is 0 Å². The second-order valence-electron chi connectivity index (χ2n) is 3.28. The van der Waals surface area contributed by atoms with E-state index in [4.69, 9.17) is 5.11 Å². The Morgan fingerprint density at radius 1 is 1.44 bits per heavy atom. The zero-order chi connectivity index (χ0) is 12.2. The molecule has 6 heteroatoms. The molecular weight excluding hydrogens is 223 g/mol. The summed E-state index contributed by atoms with van der Waals surface area (Å²) in [6.45, 7) is 0. The molecular formula is C10H10F3NO2. The van der Waals surface area contributed by atoms with Crippen LogP contribution in [0.15, 0.2) is 18.5 Å². The van der Waals surface area contributed by atoms with Gasteiger partial charge in [0.15, 0.2) is 0 Å². The smallest absolute Gasteiger partial charge is 0.418 e. The summed E-state index contributed by atoms with van der Waals surface area (Å²) in [5, 5.41) is 8.39. The van der Waals surface area contributed by atoms with E-state index in [0.29, 0.717) is 0 Å². The van der Waals surface area contributed by atoms with Gasteiger partial charge in [0.2, 0.25) is 0 Å². The van der Waals surface area contributed by atoms with Gasteiger partial charge < -0.3 is 5.11 Å². The summed E-state index contributed by atoms with van der Waals surface area (Å²) in [6, 6.07) is 1.27. The molecule has 0 fully saturated rings. The highest BCUT2D eigenvalue weighted by Crippen LogP contribution is 2.31. The van der Waals surface area contributed by atoms with Crippen molar-refractivity contribution in [2.24, 2.45) is 0 Å². The lowest BCUT2D eigenvalue weighted by Crippen LogP contribution is -2.10. The van der Waals surface area contributed by atoms with Crippen molar-refractivity contribution in [2.45, 2.75) is 25.4 Å². The number of pyridine rings is 1. The molecule has 0 spiro atoms. The van der Waals surface area contributed by atoms with Crippen LogP contribution in [0.2, 0.25) is 0 Å². The van der Waals surface area contributed by atoms with Crippen molar-refractivity contribution in [1.82, 2.24) is 4.98 Å². The van der Waals surface area contributed by atoms with Crippen LogP contribution in [-0.2, 0) is 17.4 Å². The lowest BCUT2D eigenvalue weighted by molar-refractivity contribution is -0.138. The molecule has 0 aliphatic heterocycles. The van der Waals surface area contributed by atoms with Gasteiger partial charge in [-0.1, -0.05) is 0 Å². The van der Waals surface area contributed by atoms with E-state index in [2.05, 4.69) is 4.98 Å². The fourth-order valence-corrected chi connectivity index (χ4v) is 1.33. The molecule has 0 bridgehead atoms. The Balaban J connectivity index is 2.76. The van der Waals surface area contributed by atoms with Crippen LogP contribution >= 0.6 is 0 Å². The van der Waals surface area contributed by atoms with Gasteiger partial charge in [-0.05, 0) is 24.5 Å². The van der Waals surface area contributed by atoms with E-state index in [1.165, 1.54) is 12.3 Å². The molecule has 3 nitrogen and oxygen atoms in total. The average molecular weight is 233 g/mol. The highest BCUT2D eigenvalue weighted by atomic mass is 19.4. The fourth-order valence-electron chi connectivity index (χ4n) is 1.33. The first-order valence-corrected chi connectivity index (χ1v) is 4.63. The molecule has 0 saturated heterocycles. The number of carbonyl (C=O) groups is 1. The quantitative estimate of drug-likeness (QED) is 0.869. The maximum atomic E-state index is 12.5. The molecule has 1 heterocycles. The topological polar surface area (TPSA) is 50.2 Å². The minimum atomic E-state index is -4.44. The largest absolute Gasteiger partial charge is 0.481 e. The molecule has 1 aromatic heterocycles. The van der Waals surface area contributed by atoms with Crippen molar-refractivity contribution in [3.8, 4) is 0 Å². The minimum absolute atomic E-state index is 0.0868. The molecule has 0 aliphatic rings. The number of aryl methyl sites for hydroxylation is 1. The summed E-state index contributed by atoms with van der Waals surface area (Å²) in [5.41, 5.74) is -0.705. The molecule has 16 heavy (non-hydrogen) atoms. The molecule has 0 unspecified atom stereocenters. The van der Waals surface area contributed by atoms with Crippen LogP contribution in [0.3, 0.4) is 0 Å². The first-order chi connectivity index (χ1) is 7.41. The number of hydrogen-bond acceptors (Lipinski definition) is 2. The number of carboxylic acids is 1. The molecule has 0 aliphatic carbocycles. The van der Waals surface area contributed by atoms with E-state index in [1.807, 2.05) is 0 Å². The van der Waals surface area contributed by atoms with Gasteiger partial charge in [0.25, 0.3) is 0 Å². The Bertz CT molecular complexity index is 377. The number of nitrogens with zero attached hydrogens (tertiary/aromatic N) is 1. The summed E-state index contributed by atoms with van der Waals surface area (Å²) in [6.07, 6.45) is -2.28. The van der Waals surface area contributed by atoms with Crippen molar-refractivity contribution in [3.05, 3.63) is 29.6 Å². The second kappa shape index (κ2) is 4.96. The molecule has 1 rings (SSSR count). The van der Waals surface area contributed by atoms with Gasteiger partial charge >= 0.3 is 12.1 Å². The van der Waals surface area contributed by atoms with E-state index < -0.39 is 17.7 Å². The van der Waals surface area contributed by atoms with Crippen LogP contribution in [0, 0.1) is 0 Å². The number of rotatable bonds is 4. The van der Waals surface area contributed by atoms with Gasteiger partial charge in [-0.25, -0.2) is 0 Å². The lowest BCUT2D eigenvalue weighted by Gasteiger charge is -2.11. The highest BCUT2D eigenvalue weighted by molar-refractivity contribution is 5.66. The summed E-state index contributed by atoms with van der Waals surface area (Å²) in [7, 11) is 0. The Morgan fingerprint density at radius 2 is 2.12 bits per heavy atom. The molecule has 88 valence electrons. The number of carboxylic acid groups (broad SMARTS) is 1. The summed E-state index contributed by atoms with van der Waals surface area (Å²) >= 11 is 0. The van der Waals surface area contributed by atoms with Gasteiger partial charge in [0.1, 0.15) is 0 Å². The van der Waals surface area contributed by atoms with Crippen molar-refractivity contribution < 1.29 is 23.1 Å². The third-order valence-electron chi connectivity index (χ3n) is 2.05. The third-order valence-corrected chi connectivity index (χ3v) is 2.05. The summed E-state index contributed by atoms with van der Waals surface area (Å²) in [4.78, 5) is 13.7. The SMILES string of the molecule is O=C(O)CCCc1ccncc1C(F)(F)F. The number of halogens is 3. The lowest BCUT2D eigenvalue weighted by atomic mass is 10.0. The third kappa shape index (κ3) is 3.52. The van der Waals surface area contributed by atoms with Crippen LogP contribution < -0.4 is 0 Å². The van der Waals surface area contributed by atoms with E-state index in [9.17, 15) is 18.0 Å². The summed E-state index contributed by atoms with van der Waals surface area (Å²) in [5.74, 6) is -1.01. The summed E-state index contributed by atoms with van der Waals surface area (Å²) < 4.78 is 37.4. The zero-order valence-corrected chi connectivity index (χ0v) is 8.29. The minimum Gasteiger partial charge on any atom is -0.481 e.